The van der Waals surface area contributed by atoms with E-state index in [-0.39, 0.29) is 11.6 Å². The van der Waals surface area contributed by atoms with Crippen molar-refractivity contribution in [1.29, 1.82) is 0 Å². The molecule has 6 heteroatoms. The Kier molecular flexibility index (Phi) is 4.34. The van der Waals surface area contributed by atoms with E-state index >= 15 is 0 Å². The molecule has 0 radical (unpaired) electrons. The smallest absolute Gasteiger partial charge is 0.408 e. The number of hydrogen-bond donors (Lipinski definition) is 0. The number of halogens is 1. The van der Waals surface area contributed by atoms with Crippen molar-refractivity contribution in [2.75, 3.05) is 18.0 Å². The molecule has 1 aliphatic rings. The Hall–Kier alpha value is -2.89. The fourth-order valence-electron chi connectivity index (χ4n) is 3.84. The molecule has 140 valence electrons. The Morgan fingerprint density at radius 3 is 2.56 bits per heavy atom. The molecule has 2 heterocycles. The Bertz CT molecular complexity index is 1090. The van der Waals surface area contributed by atoms with Gasteiger partial charge in [-0.05, 0) is 62.1 Å². The maximum Gasteiger partial charge on any atom is 0.419 e. The topological polar surface area (TPSA) is 55.5 Å². The second-order valence-corrected chi connectivity index (χ2v) is 7.11. The van der Waals surface area contributed by atoms with Gasteiger partial charge in [0.05, 0.1) is 11.2 Å². The van der Waals surface area contributed by atoms with E-state index in [4.69, 9.17) is 4.42 Å². The summed E-state index contributed by atoms with van der Waals surface area (Å²) in [5.74, 6) is -0.995. The van der Waals surface area contributed by atoms with Crippen LogP contribution in [-0.2, 0) is 7.05 Å². The maximum atomic E-state index is 14.3. The van der Waals surface area contributed by atoms with E-state index in [1.165, 1.54) is 16.7 Å². The zero-order valence-corrected chi connectivity index (χ0v) is 15.4. The number of carbonyl (C=O) groups is 1. The molecule has 0 bridgehead atoms. The van der Waals surface area contributed by atoms with Gasteiger partial charge in [0.1, 0.15) is 5.82 Å². The third-order valence-corrected chi connectivity index (χ3v) is 5.24. The molecule has 0 saturated carbocycles. The molecule has 0 N–H and O–H groups in total. The Balaban J connectivity index is 1.74. The van der Waals surface area contributed by atoms with E-state index < -0.39 is 5.76 Å². The SMILES string of the molecule is Cc1cc(C(=O)c2ccc(F)c(N3CCCCC3)c2)cc2oc(=O)n(C)c12. The van der Waals surface area contributed by atoms with Crippen molar-refractivity contribution in [2.24, 2.45) is 7.05 Å². The number of oxazole rings is 1. The second-order valence-electron chi connectivity index (χ2n) is 7.11. The summed E-state index contributed by atoms with van der Waals surface area (Å²) in [6.45, 7) is 3.43. The Labute approximate surface area is 156 Å². The first-order chi connectivity index (χ1) is 13.0. The molecule has 1 aromatic heterocycles. The highest BCUT2D eigenvalue weighted by Crippen LogP contribution is 2.27. The molecule has 1 saturated heterocycles. The van der Waals surface area contributed by atoms with Gasteiger partial charge in [0.2, 0.25) is 0 Å². The van der Waals surface area contributed by atoms with Crippen molar-refractivity contribution < 1.29 is 13.6 Å². The number of rotatable bonds is 3. The summed E-state index contributed by atoms with van der Waals surface area (Å²) in [7, 11) is 1.63. The predicted molar refractivity (Wildman–Crippen MR) is 102 cm³/mol. The number of benzene rings is 2. The Morgan fingerprint density at radius 1 is 1.07 bits per heavy atom. The number of ketones is 1. The lowest BCUT2D eigenvalue weighted by Crippen LogP contribution is -2.30. The van der Waals surface area contributed by atoms with Gasteiger partial charge >= 0.3 is 5.76 Å². The van der Waals surface area contributed by atoms with Crippen LogP contribution in [0.4, 0.5) is 10.1 Å². The highest BCUT2D eigenvalue weighted by atomic mass is 19.1. The molecular formula is C21H21FN2O3. The van der Waals surface area contributed by atoms with Gasteiger partial charge in [-0.25, -0.2) is 9.18 Å². The third-order valence-electron chi connectivity index (χ3n) is 5.24. The van der Waals surface area contributed by atoms with Crippen LogP contribution in [0.5, 0.6) is 0 Å². The van der Waals surface area contributed by atoms with Crippen molar-refractivity contribution in [3.8, 4) is 0 Å². The van der Waals surface area contributed by atoms with Crippen LogP contribution in [0.25, 0.3) is 11.1 Å². The normalized spacial score (nSPS) is 14.7. The quantitative estimate of drug-likeness (QED) is 0.660. The average Bonchev–Trinajstić information content (AvgIpc) is 2.96. The standard InChI is InChI=1S/C21H21FN2O3/c1-13-10-15(12-18-19(13)23(2)21(26)27-18)20(25)14-6-7-16(22)17(11-14)24-8-4-3-5-9-24/h6-7,10-12H,3-5,8-9H2,1-2H3. The maximum absolute atomic E-state index is 14.3. The van der Waals surface area contributed by atoms with Crippen molar-refractivity contribution in [2.45, 2.75) is 26.2 Å². The van der Waals surface area contributed by atoms with E-state index in [0.717, 1.165) is 37.9 Å². The molecule has 0 spiro atoms. The van der Waals surface area contributed by atoms with Crippen molar-refractivity contribution >= 4 is 22.6 Å². The van der Waals surface area contributed by atoms with Gasteiger partial charge in [-0.1, -0.05) is 0 Å². The van der Waals surface area contributed by atoms with E-state index in [9.17, 15) is 14.0 Å². The summed E-state index contributed by atoms with van der Waals surface area (Å²) in [5.41, 5.74) is 3.15. The number of piperidine rings is 1. The largest absolute Gasteiger partial charge is 0.419 e. The van der Waals surface area contributed by atoms with Crippen LogP contribution in [0.15, 0.2) is 39.5 Å². The summed E-state index contributed by atoms with van der Waals surface area (Å²) in [4.78, 5) is 26.8. The second kappa shape index (κ2) is 6.68. The zero-order chi connectivity index (χ0) is 19.1. The molecule has 1 aliphatic heterocycles. The van der Waals surface area contributed by atoms with Gasteiger partial charge in [-0.15, -0.1) is 0 Å². The predicted octanol–water partition coefficient (Wildman–Crippen LogP) is 3.80. The molecule has 0 aliphatic carbocycles. The van der Waals surface area contributed by atoms with Crippen LogP contribution in [0.2, 0.25) is 0 Å². The highest BCUT2D eigenvalue weighted by Gasteiger charge is 2.19. The van der Waals surface area contributed by atoms with Crippen LogP contribution < -0.4 is 10.7 Å². The van der Waals surface area contributed by atoms with Gasteiger partial charge < -0.3 is 9.32 Å². The van der Waals surface area contributed by atoms with E-state index in [1.807, 2.05) is 11.8 Å². The Morgan fingerprint density at radius 2 is 1.81 bits per heavy atom. The van der Waals surface area contributed by atoms with Crippen LogP contribution in [0, 0.1) is 12.7 Å². The molecule has 0 atom stereocenters. The molecule has 5 nitrogen and oxygen atoms in total. The van der Waals surface area contributed by atoms with E-state index in [1.54, 1.807) is 25.2 Å². The molecule has 2 aromatic carbocycles. The molecular weight excluding hydrogens is 347 g/mol. The van der Waals surface area contributed by atoms with Crippen molar-refractivity contribution in [3.05, 3.63) is 63.4 Å². The van der Waals surface area contributed by atoms with Gasteiger partial charge in [0, 0.05) is 31.3 Å². The number of carbonyl (C=O) groups excluding carboxylic acids is 1. The first-order valence-electron chi connectivity index (χ1n) is 9.15. The lowest BCUT2D eigenvalue weighted by molar-refractivity contribution is 0.103. The minimum Gasteiger partial charge on any atom is -0.408 e. The number of aryl methyl sites for hydroxylation is 2. The number of hydrogen-bond acceptors (Lipinski definition) is 4. The molecule has 0 unspecified atom stereocenters. The third kappa shape index (κ3) is 3.05. The van der Waals surface area contributed by atoms with E-state index in [0.29, 0.717) is 27.9 Å². The number of aromatic nitrogens is 1. The molecule has 0 amide bonds. The van der Waals surface area contributed by atoms with Crippen LogP contribution in [0.3, 0.4) is 0 Å². The number of anilines is 1. The van der Waals surface area contributed by atoms with Crippen LogP contribution in [0.1, 0.15) is 40.7 Å². The van der Waals surface area contributed by atoms with E-state index in [2.05, 4.69) is 0 Å². The van der Waals surface area contributed by atoms with Crippen molar-refractivity contribution in [3.63, 3.8) is 0 Å². The molecule has 3 aromatic rings. The summed E-state index contributed by atoms with van der Waals surface area (Å²) >= 11 is 0. The zero-order valence-electron chi connectivity index (χ0n) is 15.4. The first kappa shape index (κ1) is 17.5. The first-order valence-corrected chi connectivity index (χ1v) is 9.15. The van der Waals surface area contributed by atoms with Gasteiger partial charge in [-0.3, -0.25) is 9.36 Å². The minimum atomic E-state index is -0.466. The van der Waals surface area contributed by atoms with Crippen LogP contribution in [-0.4, -0.2) is 23.4 Å². The van der Waals surface area contributed by atoms with Crippen molar-refractivity contribution in [1.82, 2.24) is 4.57 Å². The summed E-state index contributed by atoms with van der Waals surface area (Å²) in [6, 6.07) is 7.81. The highest BCUT2D eigenvalue weighted by molar-refractivity contribution is 6.11. The summed E-state index contributed by atoms with van der Waals surface area (Å²) in [6.07, 6.45) is 3.21. The lowest BCUT2D eigenvalue weighted by atomic mass is 9.99. The number of nitrogens with zero attached hydrogens (tertiary/aromatic N) is 2. The molecule has 1 fully saturated rings. The molecule has 4 rings (SSSR count). The average molecular weight is 368 g/mol. The van der Waals surface area contributed by atoms with Gasteiger partial charge in [0.15, 0.2) is 11.4 Å². The van der Waals surface area contributed by atoms with Crippen LogP contribution >= 0.6 is 0 Å². The van der Waals surface area contributed by atoms with Gasteiger partial charge in [0.25, 0.3) is 0 Å². The lowest BCUT2D eigenvalue weighted by Gasteiger charge is -2.29. The fourth-order valence-corrected chi connectivity index (χ4v) is 3.84. The fraction of sp³-hybridized carbons (Fsp3) is 0.333. The molecule has 27 heavy (non-hydrogen) atoms. The monoisotopic (exact) mass is 368 g/mol. The number of fused-ring (bicyclic) bond motifs is 1. The summed E-state index contributed by atoms with van der Waals surface area (Å²) < 4.78 is 21.0. The minimum absolute atomic E-state index is 0.218. The summed E-state index contributed by atoms with van der Waals surface area (Å²) in [5, 5.41) is 0. The van der Waals surface area contributed by atoms with Gasteiger partial charge in [-0.2, -0.15) is 0 Å².